The number of aryl methyl sites for hydroxylation is 1. The van der Waals surface area contributed by atoms with Gasteiger partial charge in [0.05, 0.1) is 0 Å². The maximum atomic E-state index is 12.9. The van der Waals surface area contributed by atoms with E-state index in [1.807, 2.05) is 0 Å². The molecule has 78 valence electrons. The van der Waals surface area contributed by atoms with Crippen molar-refractivity contribution in [1.29, 1.82) is 0 Å². The summed E-state index contributed by atoms with van der Waals surface area (Å²) in [6, 6.07) is 4.04. The average Bonchev–Trinajstić information content (AvgIpc) is 2.12. The summed E-state index contributed by atoms with van der Waals surface area (Å²) in [7, 11) is 0. The van der Waals surface area contributed by atoms with Crippen molar-refractivity contribution in [3.05, 3.63) is 47.3 Å². The third-order valence-electron chi connectivity index (χ3n) is 1.70. The normalized spacial score (nSPS) is 10.5. The van der Waals surface area contributed by atoms with E-state index >= 15 is 0 Å². The number of hydrogen-bond donors (Lipinski definition) is 1. The quantitative estimate of drug-likeness (QED) is 0.487. The molecule has 1 aromatic carbocycles. The molecule has 15 heavy (non-hydrogen) atoms. The molecule has 0 aliphatic heterocycles. The summed E-state index contributed by atoms with van der Waals surface area (Å²) >= 11 is 4.36. The van der Waals surface area contributed by atoms with Gasteiger partial charge < -0.3 is 5.11 Å². The molecule has 0 saturated heterocycles. The van der Waals surface area contributed by atoms with E-state index < -0.39 is 11.6 Å². The molecule has 0 aliphatic rings. The lowest BCUT2D eigenvalue weighted by Gasteiger charge is -1.98. The molecule has 4 heteroatoms. The van der Waals surface area contributed by atoms with Crippen LogP contribution in [0.15, 0.2) is 30.4 Å². The Hall–Kier alpha value is -1.55. The largest absolute Gasteiger partial charge is 0.499 e. The zero-order valence-corrected chi connectivity index (χ0v) is 8.84. The third kappa shape index (κ3) is 3.59. The van der Waals surface area contributed by atoms with E-state index in [0.717, 1.165) is 18.2 Å². The van der Waals surface area contributed by atoms with Crippen molar-refractivity contribution < 1.29 is 14.3 Å². The number of aliphatic hydroxyl groups is 1. The summed E-state index contributed by atoms with van der Waals surface area (Å²) < 4.78 is 12.9. The van der Waals surface area contributed by atoms with Gasteiger partial charge in [-0.2, -0.15) is 0 Å². The molecular formula is C11H9FO2S. The highest BCUT2D eigenvalue weighted by Gasteiger charge is 2.04. The van der Waals surface area contributed by atoms with Crippen LogP contribution in [0.25, 0.3) is 0 Å². The fourth-order valence-corrected chi connectivity index (χ4v) is 1.19. The lowest BCUT2D eigenvalue weighted by molar-refractivity contribution is 0.104. The summed E-state index contributed by atoms with van der Waals surface area (Å²) in [6.45, 7) is 1.69. The van der Waals surface area contributed by atoms with Crippen molar-refractivity contribution in [2.75, 3.05) is 0 Å². The van der Waals surface area contributed by atoms with Crippen molar-refractivity contribution in [2.45, 2.75) is 6.92 Å². The van der Waals surface area contributed by atoms with Crippen LogP contribution in [-0.2, 0) is 0 Å². The van der Waals surface area contributed by atoms with E-state index in [0.29, 0.717) is 5.56 Å². The van der Waals surface area contributed by atoms with Gasteiger partial charge in [0.1, 0.15) is 5.82 Å². The van der Waals surface area contributed by atoms with Gasteiger partial charge in [0.2, 0.25) is 0 Å². The third-order valence-corrected chi connectivity index (χ3v) is 1.84. The molecule has 0 heterocycles. The smallest absolute Gasteiger partial charge is 0.186 e. The number of aliphatic hydroxyl groups excluding tert-OH is 1. The second-order valence-electron chi connectivity index (χ2n) is 3.05. The Balaban J connectivity index is 2.96. The number of ketones is 1. The molecular weight excluding hydrogens is 215 g/mol. The van der Waals surface area contributed by atoms with Crippen molar-refractivity contribution in [3.63, 3.8) is 0 Å². The second kappa shape index (κ2) is 4.79. The molecule has 0 unspecified atom stereocenters. The Morgan fingerprint density at radius 2 is 2.07 bits per heavy atom. The molecule has 0 aromatic heterocycles. The van der Waals surface area contributed by atoms with Crippen LogP contribution in [-0.4, -0.2) is 15.9 Å². The highest BCUT2D eigenvalue weighted by atomic mass is 32.1. The molecule has 1 rings (SSSR count). The minimum atomic E-state index is -0.460. The summed E-state index contributed by atoms with van der Waals surface area (Å²) in [5, 5.41) is 8.30. The van der Waals surface area contributed by atoms with Gasteiger partial charge in [0.15, 0.2) is 10.8 Å². The van der Waals surface area contributed by atoms with Crippen molar-refractivity contribution in [2.24, 2.45) is 0 Å². The van der Waals surface area contributed by atoms with E-state index in [1.54, 1.807) is 13.0 Å². The van der Waals surface area contributed by atoms with Crippen LogP contribution in [0.4, 0.5) is 4.39 Å². The molecule has 0 radical (unpaired) electrons. The second-order valence-corrected chi connectivity index (χ2v) is 3.47. The van der Waals surface area contributed by atoms with E-state index in [4.69, 9.17) is 5.11 Å². The van der Waals surface area contributed by atoms with Gasteiger partial charge in [-0.05, 0) is 55.1 Å². The van der Waals surface area contributed by atoms with Crippen molar-refractivity contribution >= 4 is 23.1 Å². The molecule has 0 saturated carbocycles. The molecule has 0 amide bonds. The molecule has 2 nitrogen and oxygen atoms in total. The van der Waals surface area contributed by atoms with E-state index in [9.17, 15) is 9.18 Å². The van der Waals surface area contributed by atoms with Gasteiger partial charge in [0.25, 0.3) is 0 Å². The Bertz CT molecular complexity index is 418. The molecule has 0 spiro atoms. The zero-order chi connectivity index (χ0) is 11.4. The van der Waals surface area contributed by atoms with Crippen molar-refractivity contribution in [1.82, 2.24) is 0 Å². The molecule has 0 atom stereocenters. The summed E-state index contributed by atoms with van der Waals surface area (Å²) in [5.41, 5.74) is 0.901. The van der Waals surface area contributed by atoms with E-state index in [1.165, 1.54) is 6.07 Å². The topological polar surface area (TPSA) is 37.3 Å². The molecule has 0 aliphatic carbocycles. The Morgan fingerprint density at radius 1 is 1.40 bits per heavy atom. The highest BCUT2D eigenvalue weighted by molar-refractivity contribution is 7.80. The Labute approximate surface area is 92.0 Å². The number of hydrogen-bond acceptors (Lipinski definition) is 2. The first-order valence-corrected chi connectivity index (χ1v) is 4.62. The minimum Gasteiger partial charge on any atom is -0.499 e. The number of allylic oxidation sites excluding steroid dienone is 1. The Morgan fingerprint density at radius 3 is 2.60 bits per heavy atom. The van der Waals surface area contributed by atoms with Crippen molar-refractivity contribution in [3.8, 4) is 0 Å². The average molecular weight is 224 g/mol. The van der Waals surface area contributed by atoms with Crippen LogP contribution < -0.4 is 0 Å². The minimum absolute atomic E-state index is 0.236. The lowest BCUT2D eigenvalue weighted by Crippen LogP contribution is -1.97. The Kier molecular flexibility index (Phi) is 3.68. The summed E-state index contributed by atoms with van der Waals surface area (Å²) in [5.74, 6) is -0.854. The SMILES string of the molecule is Cc1cc(F)cc(C(=O)/C=C/C(O)=S)c1. The summed E-state index contributed by atoms with van der Waals surface area (Å²) in [6.07, 6.45) is 2.20. The number of halogens is 1. The monoisotopic (exact) mass is 224 g/mol. The first-order chi connectivity index (χ1) is 6.99. The van der Waals surface area contributed by atoms with Gasteiger partial charge in [-0.25, -0.2) is 4.39 Å². The number of rotatable bonds is 3. The molecule has 1 N–H and O–H groups in total. The van der Waals surface area contributed by atoms with E-state index in [2.05, 4.69) is 12.2 Å². The predicted molar refractivity (Wildman–Crippen MR) is 59.8 cm³/mol. The van der Waals surface area contributed by atoms with Crippen LogP contribution in [0.2, 0.25) is 0 Å². The number of thiocarbonyl (C=S) groups is 1. The lowest BCUT2D eigenvalue weighted by atomic mass is 10.1. The fraction of sp³-hybridized carbons (Fsp3) is 0.0909. The summed E-state index contributed by atoms with van der Waals surface area (Å²) in [4.78, 5) is 11.4. The van der Waals surface area contributed by atoms with Gasteiger partial charge in [0, 0.05) is 5.56 Å². The van der Waals surface area contributed by atoms with Crippen LogP contribution >= 0.6 is 12.2 Å². The van der Waals surface area contributed by atoms with Crippen LogP contribution in [0, 0.1) is 12.7 Å². The first kappa shape index (κ1) is 11.5. The molecule has 0 bridgehead atoms. The first-order valence-electron chi connectivity index (χ1n) is 4.21. The molecule has 1 aromatic rings. The zero-order valence-electron chi connectivity index (χ0n) is 8.03. The van der Waals surface area contributed by atoms with Gasteiger partial charge in [-0.3, -0.25) is 4.79 Å². The number of carbonyl (C=O) groups is 1. The van der Waals surface area contributed by atoms with Gasteiger partial charge in [-0.15, -0.1) is 0 Å². The van der Waals surface area contributed by atoms with Crippen LogP contribution in [0.1, 0.15) is 15.9 Å². The fourth-order valence-electron chi connectivity index (χ4n) is 1.12. The predicted octanol–water partition coefficient (Wildman–Crippen LogP) is 2.76. The maximum Gasteiger partial charge on any atom is 0.186 e. The highest BCUT2D eigenvalue weighted by Crippen LogP contribution is 2.09. The number of benzene rings is 1. The molecule has 0 fully saturated rings. The van der Waals surface area contributed by atoms with Gasteiger partial charge >= 0.3 is 0 Å². The van der Waals surface area contributed by atoms with Gasteiger partial charge in [-0.1, -0.05) is 0 Å². The van der Waals surface area contributed by atoms with Crippen LogP contribution in [0.5, 0.6) is 0 Å². The van der Waals surface area contributed by atoms with E-state index in [-0.39, 0.29) is 10.6 Å². The number of carbonyl (C=O) groups excluding carboxylic acids is 1. The standard InChI is InChI=1S/C11H9FO2S/c1-7-4-8(6-9(12)5-7)10(13)2-3-11(14)15/h2-6H,1H3,(H,14,15)/b3-2+. The van der Waals surface area contributed by atoms with Crippen LogP contribution in [0.3, 0.4) is 0 Å². The maximum absolute atomic E-state index is 12.9.